The van der Waals surface area contributed by atoms with Crippen LogP contribution in [0.5, 0.6) is 0 Å². The second kappa shape index (κ2) is 6.23. The molecule has 1 rings (SSSR count). The molecule has 0 radical (unpaired) electrons. The molecule has 0 fully saturated rings. The van der Waals surface area contributed by atoms with E-state index in [4.69, 9.17) is 0 Å². The Morgan fingerprint density at radius 3 is 2.62 bits per heavy atom. The van der Waals surface area contributed by atoms with Gasteiger partial charge in [-0.3, -0.25) is 0 Å². The summed E-state index contributed by atoms with van der Waals surface area (Å²) in [5.74, 6) is 0. The van der Waals surface area contributed by atoms with Gasteiger partial charge in [-0.25, -0.2) is 4.98 Å². The van der Waals surface area contributed by atoms with E-state index in [9.17, 15) is 5.11 Å². The molecule has 90 valence electrons. The fraction of sp³-hybridized carbons (Fsp3) is 0.583. The van der Waals surface area contributed by atoms with Crippen molar-refractivity contribution in [2.75, 3.05) is 7.05 Å². The molecule has 0 aliphatic rings. The molecule has 3 atom stereocenters. The van der Waals surface area contributed by atoms with Gasteiger partial charge in [0.05, 0.1) is 11.1 Å². The summed E-state index contributed by atoms with van der Waals surface area (Å²) in [6.07, 6.45) is 1.50. The fourth-order valence-electron chi connectivity index (χ4n) is 1.21. The molecule has 3 unspecified atom stereocenters. The average molecular weight is 240 g/mol. The molecule has 1 aromatic rings. The average Bonchev–Trinajstić information content (AvgIpc) is 2.28. The van der Waals surface area contributed by atoms with E-state index < -0.39 is 0 Å². The van der Waals surface area contributed by atoms with Crippen LogP contribution in [0.1, 0.15) is 32.4 Å². The Labute approximate surface area is 102 Å². The van der Waals surface area contributed by atoms with Gasteiger partial charge < -0.3 is 10.4 Å². The van der Waals surface area contributed by atoms with Crippen LogP contribution in [0, 0.1) is 0 Å². The first-order valence-corrected chi connectivity index (χ1v) is 6.40. The molecule has 3 nitrogen and oxygen atoms in total. The predicted octanol–water partition coefficient (Wildman–Crippen LogP) is 2.22. The molecular weight excluding hydrogens is 220 g/mol. The Kier molecular flexibility index (Phi) is 5.25. The lowest BCUT2D eigenvalue weighted by Crippen LogP contribution is -2.15. The van der Waals surface area contributed by atoms with Crippen molar-refractivity contribution in [3.05, 3.63) is 23.9 Å². The third kappa shape index (κ3) is 3.77. The predicted molar refractivity (Wildman–Crippen MR) is 68.7 cm³/mol. The van der Waals surface area contributed by atoms with E-state index in [1.807, 2.05) is 26.2 Å². The summed E-state index contributed by atoms with van der Waals surface area (Å²) in [7, 11) is 1.94. The van der Waals surface area contributed by atoms with Gasteiger partial charge in [0.1, 0.15) is 0 Å². The molecule has 4 heteroatoms. The van der Waals surface area contributed by atoms with Crippen LogP contribution in [-0.4, -0.2) is 28.5 Å². The van der Waals surface area contributed by atoms with Crippen molar-refractivity contribution >= 4 is 11.8 Å². The van der Waals surface area contributed by atoms with Crippen molar-refractivity contribution in [1.29, 1.82) is 0 Å². The zero-order valence-corrected chi connectivity index (χ0v) is 11.1. The minimum absolute atomic E-state index is 0.160. The number of pyridine rings is 1. The van der Waals surface area contributed by atoms with Crippen LogP contribution in [-0.2, 0) is 0 Å². The maximum Gasteiger partial charge on any atom is 0.0966 e. The summed E-state index contributed by atoms with van der Waals surface area (Å²) in [6.45, 7) is 5.92. The molecule has 0 bridgehead atoms. The van der Waals surface area contributed by atoms with Crippen molar-refractivity contribution in [3.63, 3.8) is 0 Å². The second-order valence-corrected chi connectivity index (χ2v) is 5.40. The van der Waals surface area contributed by atoms with E-state index >= 15 is 0 Å². The van der Waals surface area contributed by atoms with E-state index in [0.29, 0.717) is 6.04 Å². The van der Waals surface area contributed by atoms with E-state index in [-0.39, 0.29) is 11.4 Å². The Morgan fingerprint density at radius 2 is 2.06 bits per heavy atom. The number of nitrogens with one attached hydrogen (secondary N) is 1. The van der Waals surface area contributed by atoms with E-state index in [1.165, 1.54) is 5.56 Å². The summed E-state index contributed by atoms with van der Waals surface area (Å²) in [4.78, 5) is 4.30. The third-order valence-electron chi connectivity index (χ3n) is 2.68. The van der Waals surface area contributed by atoms with Crippen LogP contribution in [0.15, 0.2) is 23.4 Å². The van der Waals surface area contributed by atoms with Crippen molar-refractivity contribution in [2.45, 2.75) is 43.2 Å². The molecule has 0 aliphatic carbocycles. The Morgan fingerprint density at radius 1 is 1.38 bits per heavy atom. The first kappa shape index (κ1) is 13.5. The monoisotopic (exact) mass is 240 g/mol. The lowest BCUT2D eigenvalue weighted by molar-refractivity contribution is 0.196. The number of nitrogens with zero attached hydrogens (tertiary/aromatic N) is 1. The van der Waals surface area contributed by atoms with Gasteiger partial charge in [0.25, 0.3) is 0 Å². The number of aliphatic hydroxyl groups excluding tert-OH is 1. The normalized spacial score (nSPS) is 16.8. The Bertz CT molecular complexity index is 331. The maximum absolute atomic E-state index is 9.45. The molecule has 2 N–H and O–H groups in total. The zero-order valence-electron chi connectivity index (χ0n) is 10.3. The van der Waals surface area contributed by atoms with Gasteiger partial charge in [-0.1, -0.05) is 6.92 Å². The smallest absolute Gasteiger partial charge is 0.0966 e. The van der Waals surface area contributed by atoms with Crippen LogP contribution in [0.25, 0.3) is 0 Å². The van der Waals surface area contributed by atoms with Crippen molar-refractivity contribution in [2.24, 2.45) is 0 Å². The minimum Gasteiger partial charge on any atom is -0.392 e. The van der Waals surface area contributed by atoms with Crippen molar-refractivity contribution in [1.82, 2.24) is 10.3 Å². The highest BCUT2D eigenvalue weighted by Gasteiger charge is 2.12. The molecule has 0 saturated heterocycles. The number of thioether (sulfide) groups is 1. The highest BCUT2D eigenvalue weighted by Crippen LogP contribution is 2.25. The molecular formula is C12H20N2OS. The second-order valence-electron chi connectivity index (χ2n) is 4.00. The molecule has 0 amide bonds. The number of aromatic nitrogens is 1. The highest BCUT2D eigenvalue weighted by atomic mass is 32.2. The molecule has 0 aromatic carbocycles. The van der Waals surface area contributed by atoms with Gasteiger partial charge >= 0.3 is 0 Å². The standard InChI is InChI=1S/C12H20N2OS/c1-8(13-4)11-5-6-14-12(7-11)16-10(3)9(2)15/h5-10,13,15H,1-4H3. The number of aliphatic hydroxyl groups is 1. The lowest BCUT2D eigenvalue weighted by atomic mass is 10.1. The quantitative estimate of drug-likeness (QED) is 0.775. The summed E-state index contributed by atoms with van der Waals surface area (Å²) in [6, 6.07) is 4.41. The lowest BCUT2D eigenvalue weighted by Gasteiger charge is -2.15. The van der Waals surface area contributed by atoms with Gasteiger partial charge in [-0.2, -0.15) is 0 Å². The summed E-state index contributed by atoms with van der Waals surface area (Å²) >= 11 is 1.60. The van der Waals surface area contributed by atoms with Gasteiger partial charge in [0.15, 0.2) is 0 Å². The number of hydrogen-bond acceptors (Lipinski definition) is 4. The molecule has 0 saturated carbocycles. The van der Waals surface area contributed by atoms with Crippen LogP contribution in [0.2, 0.25) is 0 Å². The Hall–Kier alpha value is -0.580. The molecule has 1 heterocycles. The van der Waals surface area contributed by atoms with Crippen LogP contribution >= 0.6 is 11.8 Å². The van der Waals surface area contributed by atoms with Gasteiger partial charge in [-0.05, 0) is 38.6 Å². The number of rotatable bonds is 5. The zero-order chi connectivity index (χ0) is 12.1. The van der Waals surface area contributed by atoms with Gasteiger partial charge in [0, 0.05) is 17.5 Å². The minimum atomic E-state index is -0.322. The number of hydrogen-bond donors (Lipinski definition) is 2. The topological polar surface area (TPSA) is 45.2 Å². The largest absolute Gasteiger partial charge is 0.392 e. The summed E-state index contributed by atoms with van der Waals surface area (Å²) in [5, 5.41) is 13.8. The summed E-state index contributed by atoms with van der Waals surface area (Å²) < 4.78 is 0. The fourth-order valence-corrected chi connectivity index (χ4v) is 2.12. The van der Waals surface area contributed by atoms with Crippen molar-refractivity contribution in [3.8, 4) is 0 Å². The van der Waals surface area contributed by atoms with Gasteiger partial charge in [0.2, 0.25) is 0 Å². The summed E-state index contributed by atoms with van der Waals surface area (Å²) in [5.41, 5.74) is 1.22. The molecule has 0 aliphatic heterocycles. The van der Waals surface area contributed by atoms with Crippen molar-refractivity contribution < 1.29 is 5.11 Å². The first-order valence-electron chi connectivity index (χ1n) is 5.52. The Balaban J connectivity index is 2.74. The first-order chi connectivity index (χ1) is 7.54. The van der Waals surface area contributed by atoms with Crippen LogP contribution in [0.4, 0.5) is 0 Å². The third-order valence-corrected chi connectivity index (χ3v) is 3.91. The maximum atomic E-state index is 9.45. The highest BCUT2D eigenvalue weighted by molar-refractivity contribution is 7.99. The van der Waals surface area contributed by atoms with Crippen LogP contribution < -0.4 is 5.32 Å². The molecule has 0 spiro atoms. The van der Waals surface area contributed by atoms with Crippen LogP contribution in [0.3, 0.4) is 0 Å². The van der Waals surface area contributed by atoms with E-state index in [1.54, 1.807) is 18.7 Å². The van der Waals surface area contributed by atoms with E-state index in [0.717, 1.165) is 5.03 Å². The van der Waals surface area contributed by atoms with Gasteiger partial charge in [-0.15, -0.1) is 11.8 Å². The SMILES string of the molecule is CNC(C)c1ccnc(SC(C)C(C)O)c1. The molecule has 16 heavy (non-hydrogen) atoms. The molecule has 1 aromatic heterocycles. The van der Waals surface area contributed by atoms with E-state index in [2.05, 4.69) is 23.3 Å².